The third-order valence-electron chi connectivity index (χ3n) is 6.89. The molecule has 0 saturated carbocycles. The van der Waals surface area contributed by atoms with Crippen molar-refractivity contribution in [2.24, 2.45) is 5.41 Å². The van der Waals surface area contributed by atoms with Crippen molar-refractivity contribution in [1.29, 1.82) is 0 Å². The molecule has 5 nitrogen and oxygen atoms in total. The van der Waals surface area contributed by atoms with E-state index in [0.717, 1.165) is 54.0 Å². The van der Waals surface area contributed by atoms with E-state index in [2.05, 4.69) is 23.7 Å². The van der Waals surface area contributed by atoms with Gasteiger partial charge in [-0.1, -0.05) is 44.2 Å². The summed E-state index contributed by atoms with van der Waals surface area (Å²) in [6, 6.07) is 14.5. The lowest BCUT2D eigenvalue weighted by atomic mass is 9.82. The highest BCUT2D eigenvalue weighted by molar-refractivity contribution is 5.84. The number of piperidine rings is 1. The molecule has 0 atom stereocenters. The van der Waals surface area contributed by atoms with Crippen LogP contribution in [0.3, 0.4) is 0 Å². The van der Waals surface area contributed by atoms with Crippen LogP contribution in [0.25, 0.3) is 11.1 Å². The van der Waals surface area contributed by atoms with Crippen LogP contribution < -0.4 is 9.64 Å². The number of anilines is 1. The Morgan fingerprint density at radius 1 is 1.11 bits per heavy atom. The second-order valence-corrected chi connectivity index (χ2v) is 10.0. The molecule has 0 bridgehead atoms. The molecule has 6 heteroatoms. The molecular formula is C29H33FN2O3. The third kappa shape index (κ3) is 5.99. The number of benzene rings is 2. The zero-order valence-corrected chi connectivity index (χ0v) is 20.7. The number of carboxylic acids is 1. The molecule has 0 spiro atoms. The van der Waals surface area contributed by atoms with Crippen molar-refractivity contribution in [3.8, 4) is 16.9 Å². The van der Waals surface area contributed by atoms with Crippen LogP contribution in [-0.4, -0.2) is 35.8 Å². The molecule has 35 heavy (non-hydrogen) atoms. The Bertz CT molecular complexity index is 1180. The van der Waals surface area contributed by atoms with Gasteiger partial charge in [-0.15, -0.1) is 0 Å². The van der Waals surface area contributed by atoms with Gasteiger partial charge in [0.2, 0.25) is 0 Å². The molecule has 0 radical (unpaired) electrons. The average Bonchev–Trinajstić information content (AvgIpc) is 2.82. The molecule has 0 unspecified atom stereocenters. The van der Waals surface area contributed by atoms with Crippen molar-refractivity contribution < 1.29 is 19.0 Å². The number of aryl methyl sites for hydroxylation is 1. The van der Waals surface area contributed by atoms with Gasteiger partial charge < -0.3 is 14.7 Å². The van der Waals surface area contributed by atoms with E-state index < -0.39 is 5.97 Å². The zero-order valence-electron chi connectivity index (χ0n) is 20.7. The number of rotatable bonds is 8. The fraction of sp³-hybridized carbons (Fsp3) is 0.379. The largest absolute Gasteiger partial charge is 0.493 e. The maximum atomic E-state index is 13.8. The van der Waals surface area contributed by atoms with Gasteiger partial charge in [-0.3, -0.25) is 9.78 Å². The summed E-state index contributed by atoms with van der Waals surface area (Å²) < 4.78 is 19.7. The molecule has 1 fully saturated rings. The van der Waals surface area contributed by atoms with E-state index in [1.807, 2.05) is 43.5 Å². The Labute approximate surface area is 206 Å². The minimum atomic E-state index is -0.857. The number of pyridine rings is 1. The van der Waals surface area contributed by atoms with Crippen LogP contribution in [0.2, 0.25) is 0 Å². The second-order valence-electron chi connectivity index (χ2n) is 10.0. The van der Waals surface area contributed by atoms with Gasteiger partial charge in [0.05, 0.1) is 18.7 Å². The molecule has 1 saturated heterocycles. The summed E-state index contributed by atoms with van der Waals surface area (Å²) in [6.07, 6.45) is 4.39. The van der Waals surface area contributed by atoms with Crippen LogP contribution in [0, 0.1) is 18.2 Å². The van der Waals surface area contributed by atoms with Gasteiger partial charge >= 0.3 is 5.97 Å². The Morgan fingerprint density at radius 3 is 2.46 bits per heavy atom. The molecule has 1 aliphatic heterocycles. The van der Waals surface area contributed by atoms with Crippen molar-refractivity contribution in [3.63, 3.8) is 0 Å². The van der Waals surface area contributed by atoms with E-state index in [1.165, 1.54) is 6.07 Å². The first kappa shape index (κ1) is 24.7. The van der Waals surface area contributed by atoms with Crippen LogP contribution in [0.15, 0.2) is 54.7 Å². The van der Waals surface area contributed by atoms with E-state index in [4.69, 9.17) is 4.74 Å². The van der Waals surface area contributed by atoms with Crippen LogP contribution in [0.5, 0.6) is 5.75 Å². The second kappa shape index (κ2) is 10.5. The van der Waals surface area contributed by atoms with Crippen molar-refractivity contribution in [2.75, 3.05) is 24.6 Å². The Morgan fingerprint density at radius 2 is 1.80 bits per heavy atom. The SMILES string of the molecule is Cc1ncc(-c2ccc(OCCc3ccccc3F)cc2)c(N2CCC(C)(C)CC2)c1CC(=O)O. The summed E-state index contributed by atoms with van der Waals surface area (Å²) in [5.41, 5.74) is 5.32. The van der Waals surface area contributed by atoms with E-state index in [9.17, 15) is 14.3 Å². The summed E-state index contributed by atoms with van der Waals surface area (Å²) >= 11 is 0. The number of aromatic nitrogens is 1. The maximum absolute atomic E-state index is 13.8. The molecule has 4 rings (SSSR count). The summed E-state index contributed by atoms with van der Waals surface area (Å²) in [5.74, 6) is -0.370. The van der Waals surface area contributed by atoms with Crippen LogP contribution >= 0.6 is 0 Å². The minimum Gasteiger partial charge on any atom is -0.493 e. The van der Waals surface area contributed by atoms with Crippen molar-refractivity contribution in [2.45, 2.75) is 46.5 Å². The predicted molar refractivity (Wildman–Crippen MR) is 137 cm³/mol. The monoisotopic (exact) mass is 476 g/mol. The third-order valence-corrected chi connectivity index (χ3v) is 6.89. The molecule has 1 aliphatic rings. The van der Waals surface area contributed by atoms with Crippen LogP contribution in [-0.2, 0) is 17.6 Å². The van der Waals surface area contributed by atoms with E-state index >= 15 is 0 Å². The van der Waals surface area contributed by atoms with Gasteiger partial charge in [0, 0.05) is 42.5 Å². The summed E-state index contributed by atoms with van der Waals surface area (Å²) in [7, 11) is 0. The standard InChI is InChI=1S/C29H33FN2O3/c1-20-24(18-27(33)34)28(32-15-13-29(2,3)14-16-32)25(19-31-20)21-8-10-23(11-9-21)35-17-12-22-6-4-5-7-26(22)30/h4-11,19H,12-18H2,1-3H3,(H,33,34). The number of hydrogen-bond acceptors (Lipinski definition) is 4. The maximum Gasteiger partial charge on any atom is 0.307 e. The predicted octanol–water partition coefficient (Wildman–Crippen LogP) is 6.07. The number of aliphatic carboxylic acids is 1. The number of hydrogen-bond donors (Lipinski definition) is 1. The average molecular weight is 477 g/mol. The highest BCUT2D eigenvalue weighted by atomic mass is 19.1. The van der Waals surface area contributed by atoms with Crippen molar-refractivity contribution >= 4 is 11.7 Å². The van der Waals surface area contributed by atoms with Gasteiger partial charge in [0.25, 0.3) is 0 Å². The van der Waals surface area contributed by atoms with Gasteiger partial charge in [0.1, 0.15) is 11.6 Å². The summed E-state index contributed by atoms with van der Waals surface area (Å²) in [4.78, 5) is 18.6. The Hall–Kier alpha value is -3.41. The van der Waals surface area contributed by atoms with E-state index in [1.54, 1.807) is 12.1 Å². The quantitative estimate of drug-likeness (QED) is 0.427. The summed E-state index contributed by atoms with van der Waals surface area (Å²) in [6.45, 7) is 8.59. The first-order valence-corrected chi connectivity index (χ1v) is 12.2. The first-order chi connectivity index (χ1) is 16.7. The molecule has 0 aliphatic carbocycles. The molecule has 2 aromatic carbocycles. The van der Waals surface area contributed by atoms with Gasteiger partial charge in [-0.2, -0.15) is 0 Å². The summed E-state index contributed by atoms with van der Waals surface area (Å²) in [5, 5.41) is 9.59. The number of nitrogens with zero attached hydrogens (tertiary/aromatic N) is 2. The van der Waals surface area contributed by atoms with Crippen LogP contribution in [0.4, 0.5) is 10.1 Å². The highest BCUT2D eigenvalue weighted by Gasteiger charge is 2.29. The molecule has 184 valence electrons. The molecule has 0 amide bonds. The number of carbonyl (C=O) groups is 1. The molecule has 2 heterocycles. The first-order valence-electron chi connectivity index (χ1n) is 12.2. The molecule has 3 aromatic rings. The minimum absolute atomic E-state index is 0.0564. The topological polar surface area (TPSA) is 62.7 Å². The van der Waals surface area contributed by atoms with Crippen molar-refractivity contribution in [1.82, 2.24) is 4.98 Å². The molecule has 1 N–H and O–H groups in total. The lowest BCUT2D eigenvalue weighted by Gasteiger charge is -2.40. The van der Waals surface area contributed by atoms with Gasteiger partial charge in [-0.25, -0.2) is 4.39 Å². The number of ether oxygens (including phenoxy) is 1. The number of halogens is 1. The van der Waals surface area contributed by atoms with E-state index in [-0.39, 0.29) is 17.7 Å². The molecular weight excluding hydrogens is 443 g/mol. The zero-order chi connectivity index (χ0) is 25.0. The smallest absolute Gasteiger partial charge is 0.307 e. The number of carboxylic acid groups (broad SMARTS) is 1. The van der Waals surface area contributed by atoms with Gasteiger partial charge in [-0.05, 0) is 54.5 Å². The highest BCUT2D eigenvalue weighted by Crippen LogP contribution is 2.40. The fourth-order valence-corrected chi connectivity index (χ4v) is 4.62. The van der Waals surface area contributed by atoms with Crippen molar-refractivity contribution in [3.05, 3.63) is 77.4 Å². The van der Waals surface area contributed by atoms with E-state index in [0.29, 0.717) is 24.3 Å². The Kier molecular flexibility index (Phi) is 7.39. The normalized spacial score (nSPS) is 15.1. The Balaban J connectivity index is 1.57. The van der Waals surface area contributed by atoms with Gasteiger partial charge in [0.15, 0.2) is 0 Å². The molecule has 1 aromatic heterocycles. The van der Waals surface area contributed by atoms with Crippen LogP contribution in [0.1, 0.15) is 43.5 Å². The fourth-order valence-electron chi connectivity index (χ4n) is 4.62. The lowest BCUT2D eigenvalue weighted by Crippen LogP contribution is -2.38. The lowest BCUT2D eigenvalue weighted by molar-refractivity contribution is -0.136.